The van der Waals surface area contributed by atoms with Gasteiger partial charge in [-0.2, -0.15) is 5.10 Å². The second kappa shape index (κ2) is 6.75. The summed E-state index contributed by atoms with van der Waals surface area (Å²) in [5.41, 5.74) is 1.08. The first-order chi connectivity index (χ1) is 13.0. The van der Waals surface area contributed by atoms with Crippen molar-refractivity contribution in [1.82, 2.24) is 24.6 Å². The van der Waals surface area contributed by atoms with Crippen LogP contribution in [0.1, 0.15) is 18.5 Å². The van der Waals surface area contributed by atoms with E-state index in [1.165, 1.54) is 21.8 Å². The molecule has 0 radical (unpaired) electrons. The summed E-state index contributed by atoms with van der Waals surface area (Å²) in [6.07, 6.45) is 2.82. The van der Waals surface area contributed by atoms with Gasteiger partial charge in [0, 0.05) is 7.05 Å². The highest BCUT2D eigenvalue weighted by atomic mass is 16.6. The zero-order valence-corrected chi connectivity index (χ0v) is 15.0. The Morgan fingerprint density at radius 2 is 2.07 bits per heavy atom. The fraction of sp³-hybridized carbons (Fsp3) is 0.333. The largest absolute Gasteiger partial charge is 0.486 e. The van der Waals surface area contributed by atoms with Crippen LogP contribution in [-0.2, 0) is 18.4 Å². The van der Waals surface area contributed by atoms with E-state index >= 15 is 0 Å². The highest BCUT2D eigenvalue weighted by molar-refractivity contribution is 5.77. The molecule has 1 aromatic carbocycles. The average Bonchev–Trinajstić information content (AvgIpc) is 3.05. The normalized spacial score (nSPS) is 14.1. The summed E-state index contributed by atoms with van der Waals surface area (Å²) >= 11 is 0. The van der Waals surface area contributed by atoms with Crippen LogP contribution in [0.3, 0.4) is 0 Å². The number of fused-ring (bicyclic) bond motifs is 2. The van der Waals surface area contributed by atoms with Crippen molar-refractivity contribution in [3.05, 3.63) is 46.6 Å². The van der Waals surface area contributed by atoms with Crippen molar-refractivity contribution < 1.29 is 14.3 Å². The third-order valence-corrected chi connectivity index (χ3v) is 4.48. The summed E-state index contributed by atoms with van der Waals surface area (Å²) in [6.45, 7) is 2.78. The Hall–Kier alpha value is -3.36. The number of hydrogen-bond donors (Lipinski definition) is 1. The summed E-state index contributed by atoms with van der Waals surface area (Å²) in [4.78, 5) is 29.0. The van der Waals surface area contributed by atoms with E-state index in [-0.39, 0.29) is 24.1 Å². The molecule has 27 heavy (non-hydrogen) atoms. The fourth-order valence-corrected chi connectivity index (χ4v) is 3.03. The maximum Gasteiger partial charge on any atom is 0.264 e. The molecule has 140 valence electrons. The smallest absolute Gasteiger partial charge is 0.264 e. The van der Waals surface area contributed by atoms with Crippen LogP contribution >= 0.6 is 0 Å². The number of aryl methyl sites for hydroxylation is 1. The fourth-order valence-electron chi connectivity index (χ4n) is 3.03. The quantitative estimate of drug-likeness (QED) is 0.729. The van der Waals surface area contributed by atoms with Gasteiger partial charge in [-0.25, -0.2) is 4.98 Å². The number of aromatic nitrogens is 4. The van der Waals surface area contributed by atoms with Crippen LogP contribution in [0.25, 0.3) is 11.0 Å². The van der Waals surface area contributed by atoms with Crippen molar-refractivity contribution in [2.45, 2.75) is 19.5 Å². The lowest BCUT2D eigenvalue weighted by Crippen LogP contribution is -2.34. The Bertz CT molecular complexity index is 1070. The molecule has 1 atom stereocenters. The summed E-state index contributed by atoms with van der Waals surface area (Å²) < 4.78 is 13.9. The molecule has 3 aromatic rings. The van der Waals surface area contributed by atoms with Crippen LogP contribution in [0.15, 0.2) is 35.5 Å². The number of carbonyl (C=O) groups excluding carboxylic acids is 1. The van der Waals surface area contributed by atoms with Gasteiger partial charge in [0.25, 0.3) is 5.56 Å². The van der Waals surface area contributed by atoms with Crippen LogP contribution in [0.4, 0.5) is 0 Å². The first-order valence-electron chi connectivity index (χ1n) is 8.59. The number of carbonyl (C=O) groups is 1. The molecule has 0 unspecified atom stereocenters. The molecular formula is C18H19N5O4. The van der Waals surface area contributed by atoms with Gasteiger partial charge in [-0.3, -0.25) is 18.8 Å². The average molecular weight is 369 g/mol. The first kappa shape index (κ1) is 17.1. The molecule has 9 heteroatoms. The zero-order chi connectivity index (χ0) is 19.0. The molecule has 0 aliphatic carbocycles. The van der Waals surface area contributed by atoms with E-state index < -0.39 is 0 Å². The topological polar surface area (TPSA) is 100 Å². The van der Waals surface area contributed by atoms with Crippen LogP contribution in [0, 0.1) is 0 Å². The SMILES string of the molecule is C[C@@H](NC(=O)Cn1cnc2c(cnn2C)c1=O)c1ccc2c(c1)OCCO2. The predicted molar refractivity (Wildman–Crippen MR) is 96.8 cm³/mol. The number of nitrogens with one attached hydrogen (secondary N) is 1. The Morgan fingerprint density at radius 1 is 1.30 bits per heavy atom. The maximum absolute atomic E-state index is 12.5. The summed E-state index contributed by atoms with van der Waals surface area (Å²) in [5, 5.41) is 7.29. The van der Waals surface area contributed by atoms with Crippen molar-refractivity contribution in [1.29, 1.82) is 0 Å². The Kier molecular flexibility index (Phi) is 4.27. The van der Waals surface area contributed by atoms with Gasteiger partial charge in [0.1, 0.15) is 31.5 Å². The second-order valence-electron chi connectivity index (χ2n) is 6.38. The monoisotopic (exact) mass is 369 g/mol. The van der Waals surface area contributed by atoms with Gasteiger partial charge < -0.3 is 14.8 Å². The first-order valence-corrected chi connectivity index (χ1v) is 8.59. The number of ether oxygens (including phenoxy) is 2. The van der Waals surface area contributed by atoms with Crippen molar-refractivity contribution in [2.75, 3.05) is 13.2 Å². The van der Waals surface area contributed by atoms with E-state index in [0.29, 0.717) is 35.7 Å². The highest BCUT2D eigenvalue weighted by Gasteiger charge is 2.17. The van der Waals surface area contributed by atoms with E-state index in [2.05, 4.69) is 15.4 Å². The minimum atomic E-state index is -0.296. The number of rotatable bonds is 4. The summed E-state index contributed by atoms with van der Waals surface area (Å²) in [6, 6.07) is 5.32. The molecule has 0 spiro atoms. The Morgan fingerprint density at radius 3 is 2.89 bits per heavy atom. The van der Waals surface area contributed by atoms with Gasteiger partial charge in [0.05, 0.1) is 12.2 Å². The standard InChI is InChI=1S/C18H19N5O4/c1-11(12-3-4-14-15(7-12)27-6-5-26-14)21-16(24)9-23-10-19-17-13(18(23)25)8-20-22(17)2/h3-4,7-8,10-11H,5-6,9H2,1-2H3,(H,21,24)/t11-/m1/s1. The number of hydrogen-bond acceptors (Lipinski definition) is 6. The molecule has 0 fully saturated rings. The van der Waals surface area contributed by atoms with Crippen molar-refractivity contribution in [3.63, 3.8) is 0 Å². The molecule has 1 aliphatic heterocycles. The van der Waals surface area contributed by atoms with Gasteiger partial charge in [-0.05, 0) is 24.6 Å². The van der Waals surface area contributed by atoms with Crippen LogP contribution in [-0.4, -0.2) is 38.5 Å². The summed E-state index contributed by atoms with van der Waals surface area (Å²) in [5.74, 6) is 1.08. The van der Waals surface area contributed by atoms with E-state index in [0.717, 1.165) is 5.56 Å². The second-order valence-corrected chi connectivity index (χ2v) is 6.38. The van der Waals surface area contributed by atoms with Gasteiger partial charge >= 0.3 is 0 Å². The van der Waals surface area contributed by atoms with Crippen LogP contribution in [0.2, 0.25) is 0 Å². The molecule has 0 saturated heterocycles. The zero-order valence-electron chi connectivity index (χ0n) is 15.0. The molecule has 0 saturated carbocycles. The molecule has 1 aliphatic rings. The van der Waals surface area contributed by atoms with Gasteiger partial charge in [-0.1, -0.05) is 6.07 Å². The lowest BCUT2D eigenvalue weighted by Gasteiger charge is -2.21. The number of benzene rings is 1. The third kappa shape index (κ3) is 3.23. The van der Waals surface area contributed by atoms with Crippen LogP contribution in [0.5, 0.6) is 11.5 Å². The van der Waals surface area contributed by atoms with Crippen molar-refractivity contribution in [3.8, 4) is 11.5 Å². The molecule has 9 nitrogen and oxygen atoms in total. The lowest BCUT2D eigenvalue weighted by atomic mass is 10.1. The lowest BCUT2D eigenvalue weighted by molar-refractivity contribution is -0.122. The van der Waals surface area contributed by atoms with Crippen molar-refractivity contribution in [2.24, 2.45) is 7.05 Å². The van der Waals surface area contributed by atoms with E-state index in [1.807, 2.05) is 25.1 Å². The molecule has 0 bridgehead atoms. The highest BCUT2D eigenvalue weighted by Crippen LogP contribution is 2.32. The van der Waals surface area contributed by atoms with E-state index in [9.17, 15) is 9.59 Å². The molecule has 1 amide bonds. The third-order valence-electron chi connectivity index (χ3n) is 4.48. The molecule has 4 rings (SSSR count). The van der Waals surface area contributed by atoms with E-state index in [1.54, 1.807) is 7.05 Å². The molecule has 3 heterocycles. The van der Waals surface area contributed by atoms with Gasteiger partial charge in [-0.15, -0.1) is 0 Å². The van der Waals surface area contributed by atoms with Gasteiger partial charge in [0.15, 0.2) is 17.1 Å². The summed E-state index contributed by atoms with van der Waals surface area (Å²) in [7, 11) is 1.71. The predicted octanol–water partition coefficient (Wildman–Crippen LogP) is 0.779. The molecule has 2 aromatic heterocycles. The molecular weight excluding hydrogens is 350 g/mol. The van der Waals surface area contributed by atoms with Crippen molar-refractivity contribution >= 4 is 16.9 Å². The van der Waals surface area contributed by atoms with Gasteiger partial charge in [0.2, 0.25) is 5.91 Å². The minimum absolute atomic E-state index is 0.119. The van der Waals surface area contributed by atoms with Crippen LogP contribution < -0.4 is 20.3 Å². The van der Waals surface area contributed by atoms with E-state index in [4.69, 9.17) is 9.47 Å². The number of amides is 1. The molecule has 1 N–H and O–H groups in total. The maximum atomic E-state index is 12.5. The Labute approximate surface area is 154 Å². The number of nitrogens with zero attached hydrogens (tertiary/aromatic N) is 4. The minimum Gasteiger partial charge on any atom is -0.486 e. The Balaban J connectivity index is 1.48.